The van der Waals surface area contributed by atoms with Crippen LogP contribution in [0.15, 0.2) is 36.5 Å². The summed E-state index contributed by atoms with van der Waals surface area (Å²) in [6, 6.07) is 10.5. The van der Waals surface area contributed by atoms with Crippen LogP contribution in [0.1, 0.15) is 27.2 Å². The van der Waals surface area contributed by atoms with E-state index in [1.54, 1.807) is 12.3 Å². The molecule has 92 valence electrons. The zero-order valence-corrected chi connectivity index (χ0v) is 10.7. The Morgan fingerprint density at radius 3 is 2.89 bits per heavy atom. The summed E-state index contributed by atoms with van der Waals surface area (Å²) in [6.07, 6.45) is 4.65. The molecule has 1 aromatic heterocycles. The fraction of sp³-hybridized carbons (Fsp3) is 0.286. The van der Waals surface area contributed by atoms with Crippen molar-refractivity contribution < 1.29 is 4.79 Å². The van der Waals surface area contributed by atoms with E-state index in [2.05, 4.69) is 34.0 Å². The predicted molar refractivity (Wildman–Crippen MR) is 71.8 cm³/mol. The lowest BCUT2D eigenvalue weighted by Crippen LogP contribution is -2.38. The number of hydrogen-bond acceptors (Lipinski definition) is 3. The van der Waals surface area contributed by atoms with Gasteiger partial charge >= 0.3 is 0 Å². The fourth-order valence-corrected chi connectivity index (χ4v) is 2.91. The summed E-state index contributed by atoms with van der Waals surface area (Å²) in [5.41, 5.74) is 2.78. The molecule has 1 amide bonds. The Kier molecular flexibility index (Phi) is 3.11. The average molecular weight is 258 g/mol. The normalized spacial score (nSPS) is 18.1. The standard InChI is InChI=1S/C14H14N2OS/c17-14(13-7-8-15-18-13)16-12-6-5-10-3-1-2-4-11(10)9-12/h1-4,7-8,12H,5-6,9H2,(H,16,17). The van der Waals surface area contributed by atoms with Gasteiger partial charge in [0.05, 0.1) is 0 Å². The van der Waals surface area contributed by atoms with Gasteiger partial charge in [-0.25, -0.2) is 4.37 Å². The Balaban J connectivity index is 1.68. The highest BCUT2D eigenvalue weighted by molar-refractivity contribution is 7.08. The lowest BCUT2D eigenvalue weighted by molar-refractivity contribution is 0.0938. The van der Waals surface area contributed by atoms with Crippen molar-refractivity contribution in [2.24, 2.45) is 0 Å². The molecule has 0 spiro atoms. The number of aromatic nitrogens is 1. The summed E-state index contributed by atoms with van der Waals surface area (Å²) >= 11 is 1.24. The van der Waals surface area contributed by atoms with Gasteiger partial charge in [0.1, 0.15) is 4.88 Å². The number of benzene rings is 1. The minimum absolute atomic E-state index is 0.00174. The van der Waals surface area contributed by atoms with Crippen molar-refractivity contribution in [1.29, 1.82) is 0 Å². The number of amides is 1. The Morgan fingerprint density at radius 2 is 2.11 bits per heavy atom. The number of hydrogen-bond donors (Lipinski definition) is 1. The quantitative estimate of drug-likeness (QED) is 0.899. The van der Waals surface area contributed by atoms with E-state index in [9.17, 15) is 4.79 Å². The van der Waals surface area contributed by atoms with Crippen molar-refractivity contribution in [3.63, 3.8) is 0 Å². The molecular formula is C14H14N2OS. The highest BCUT2D eigenvalue weighted by Gasteiger charge is 2.20. The molecule has 0 fully saturated rings. The summed E-state index contributed by atoms with van der Waals surface area (Å²) in [6.45, 7) is 0. The summed E-state index contributed by atoms with van der Waals surface area (Å²) in [4.78, 5) is 12.6. The fourth-order valence-electron chi connectivity index (χ4n) is 2.41. The van der Waals surface area contributed by atoms with Crippen LogP contribution in [0.4, 0.5) is 0 Å². The molecule has 1 N–H and O–H groups in total. The zero-order chi connectivity index (χ0) is 12.4. The largest absolute Gasteiger partial charge is 0.348 e. The molecule has 1 heterocycles. The first-order chi connectivity index (χ1) is 8.83. The van der Waals surface area contributed by atoms with Crippen molar-refractivity contribution in [3.8, 4) is 0 Å². The molecule has 1 unspecified atom stereocenters. The number of fused-ring (bicyclic) bond motifs is 1. The van der Waals surface area contributed by atoms with Crippen molar-refractivity contribution in [3.05, 3.63) is 52.5 Å². The number of rotatable bonds is 2. The Labute approximate surface area is 110 Å². The molecule has 0 radical (unpaired) electrons. The smallest absolute Gasteiger partial charge is 0.263 e. The van der Waals surface area contributed by atoms with Crippen molar-refractivity contribution in [2.75, 3.05) is 0 Å². The second-order valence-electron chi connectivity index (χ2n) is 4.56. The highest BCUT2D eigenvalue weighted by atomic mass is 32.1. The molecule has 4 heteroatoms. The summed E-state index contributed by atoms with van der Waals surface area (Å²) in [5, 5.41) is 3.09. The molecule has 0 saturated heterocycles. The van der Waals surface area contributed by atoms with E-state index < -0.39 is 0 Å². The van der Waals surface area contributed by atoms with Crippen LogP contribution in [0.2, 0.25) is 0 Å². The van der Waals surface area contributed by atoms with E-state index in [1.807, 2.05) is 0 Å². The van der Waals surface area contributed by atoms with E-state index in [0.717, 1.165) is 19.3 Å². The summed E-state index contributed by atoms with van der Waals surface area (Å²) in [5.74, 6) is 0.00174. The Morgan fingerprint density at radius 1 is 1.28 bits per heavy atom. The van der Waals surface area contributed by atoms with Crippen LogP contribution in [0.25, 0.3) is 0 Å². The zero-order valence-electron chi connectivity index (χ0n) is 9.93. The third-order valence-corrected chi connectivity index (χ3v) is 4.09. The van der Waals surface area contributed by atoms with E-state index in [-0.39, 0.29) is 11.9 Å². The third-order valence-electron chi connectivity index (χ3n) is 3.34. The van der Waals surface area contributed by atoms with E-state index in [1.165, 1.54) is 22.7 Å². The monoisotopic (exact) mass is 258 g/mol. The van der Waals surface area contributed by atoms with Gasteiger partial charge in [0.15, 0.2) is 0 Å². The number of carbonyl (C=O) groups excluding carboxylic acids is 1. The number of carbonyl (C=O) groups is 1. The Hall–Kier alpha value is -1.68. The van der Waals surface area contributed by atoms with Crippen LogP contribution in [-0.4, -0.2) is 16.3 Å². The van der Waals surface area contributed by atoms with Gasteiger partial charge in [-0.15, -0.1) is 0 Å². The molecular weight excluding hydrogens is 244 g/mol. The topological polar surface area (TPSA) is 42.0 Å². The lowest BCUT2D eigenvalue weighted by atomic mass is 9.88. The second kappa shape index (κ2) is 4.90. The van der Waals surface area contributed by atoms with Gasteiger partial charge in [-0.3, -0.25) is 4.79 Å². The third kappa shape index (κ3) is 2.29. The second-order valence-corrected chi connectivity index (χ2v) is 5.39. The SMILES string of the molecule is O=C(NC1CCc2ccccc2C1)c1ccns1. The van der Waals surface area contributed by atoms with E-state index in [4.69, 9.17) is 0 Å². The maximum Gasteiger partial charge on any atom is 0.263 e. The molecule has 1 aliphatic carbocycles. The van der Waals surface area contributed by atoms with Crippen LogP contribution < -0.4 is 5.32 Å². The van der Waals surface area contributed by atoms with E-state index >= 15 is 0 Å². The van der Waals surface area contributed by atoms with Crippen molar-refractivity contribution in [2.45, 2.75) is 25.3 Å². The molecule has 3 rings (SSSR count). The maximum absolute atomic E-state index is 11.9. The van der Waals surface area contributed by atoms with Crippen LogP contribution in [-0.2, 0) is 12.8 Å². The average Bonchev–Trinajstić information content (AvgIpc) is 2.92. The van der Waals surface area contributed by atoms with Gasteiger partial charge in [-0.05, 0) is 48.0 Å². The van der Waals surface area contributed by atoms with Crippen molar-refractivity contribution >= 4 is 17.4 Å². The lowest BCUT2D eigenvalue weighted by Gasteiger charge is -2.25. The first-order valence-electron chi connectivity index (χ1n) is 6.11. The summed E-state index contributed by atoms with van der Waals surface area (Å²) < 4.78 is 3.95. The molecule has 1 atom stereocenters. The molecule has 1 aliphatic rings. The highest BCUT2D eigenvalue weighted by Crippen LogP contribution is 2.21. The summed E-state index contributed by atoms with van der Waals surface area (Å²) in [7, 11) is 0. The first-order valence-corrected chi connectivity index (χ1v) is 6.88. The molecule has 0 saturated carbocycles. The van der Waals surface area contributed by atoms with Crippen LogP contribution in [0.5, 0.6) is 0 Å². The van der Waals surface area contributed by atoms with Crippen LogP contribution >= 0.6 is 11.5 Å². The van der Waals surface area contributed by atoms with Crippen LogP contribution in [0, 0.1) is 0 Å². The molecule has 0 bridgehead atoms. The van der Waals surface area contributed by atoms with Gasteiger partial charge < -0.3 is 5.32 Å². The molecule has 18 heavy (non-hydrogen) atoms. The predicted octanol–water partition coefficient (Wildman–Crippen LogP) is 2.43. The first kappa shape index (κ1) is 11.4. The molecule has 1 aromatic carbocycles. The van der Waals surface area contributed by atoms with Gasteiger partial charge in [-0.2, -0.15) is 0 Å². The van der Waals surface area contributed by atoms with E-state index in [0.29, 0.717) is 4.88 Å². The molecule has 0 aliphatic heterocycles. The minimum atomic E-state index is 0.00174. The number of nitrogens with one attached hydrogen (secondary N) is 1. The van der Waals surface area contributed by atoms with Gasteiger partial charge in [0, 0.05) is 12.2 Å². The van der Waals surface area contributed by atoms with Crippen LogP contribution in [0.3, 0.4) is 0 Å². The van der Waals surface area contributed by atoms with Gasteiger partial charge in [0.25, 0.3) is 5.91 Å². The number of aryl methyl sites for hydroxylation is 1. The number of nitrogens with zero attached hydrogens (tertiary/aromatic N) is 1. The Bertz CT molecular complexity index is 551. The minimum Gasteiger partial charge on any atom is -0.348 e. The van der Waals surface area contributed by atoms with Crippen molar-refractivity contribution in [1.82, 2.24) is 9.69 Å². The molecule has 2 aromatic rings. The van der Waals surface area contributed by atoms with Gasteiger partial charge in [-0.1, -0.05) is 24.3 Å². The molecule has 3 nitrogen and oxygen atoms in total. The van der Waals surface area contributed by atoms with Gasteiger partial charge in [0.2, 0.25) is 0 Å². The maximum atomic E-state index is 11.9.